The van der Waals surface area contributed by atoms with Crippen molar-refractivity contribution in [2.75, 3.05) is 18.2 Å². The maximum absolute atomic E-state index is 11.9. The maximum atomic E-state index is 11.9. The van der Waals surface area contributed by atoms with Gasteiger partial charge < -0.3 is 15.7 Å². The summed E-state index contributed by atoms with van der Waals surface area (Å²) in [5, 5.41) is 14.8. The third kappa shape index (κ3) is 4.94. The Morgan fingerprint density at radius 2 is 1.95 bits per heavy atom. The molecule has 0 radical (unpaired) electrons. The lowest BCUT2D eigenvalue weighted by molar-refractivity contribution is 0.167. The molecule has 2 unspecified atom stereocenters. The van der Waals surface area contributed by atoms with Crippen LogP contribution in [0.5, 0.6) is 0 Å². The number of rotatable bonds is 6. The van der Waals surface area contributed by atoms with Crippen molar-refractivity contribution in [2.45, 2.75) is 37.1 Å². The van der Waals surface area contributed by atoms with Gasteiger partial charge in [0.2, 0.25) is 0 Å². The van der Waals surface area contributed by atoms with Crippen molar-refractivity contribution in [3.63, 3.8) is 0 Å². The van der Waals surface area contributed by atoms with Gasteiger partial charge in [-0.2, -0.15) is 0 Å². The highest BCUT2D eigenvalue weighted by Gasteiger charge is 2.24. The topological polar surface area (TPSA) is 78.4 Å². The SMILES string of the molecule is CCCC(C)(CO)NC(=O)Nc1ccc(S(C)=O)cc1. The highest BCUT2D eigenvalue weighted by Crippen LogP contribution is 2.14. The van der Waals surface area contributed by atoms with Crippen molar-refractivity contribution in [3.05, 3.63) is 24.3 Å². The zero-order valence-corrected chi connectivity index (χ0v) is 12.9. The number of nitrogens with one attached hydrogen (secondary N) is 2. The number of carbonyl (C=O) groups excluding carboxylic acids is 1. The summed E-state index contributed by atoms with van der Waals surface area (Å²) in [6.45, 7) is 3.69. The number of aliphatic hydroxyl groups excluding tert-OH is 1. The van der Waals surface area contributed by atoms with Crippen LogP contribution in [0.1, 0.15) is 26.7 Å². The van der Waals surface area contributed by atoms with Gasteiger partial charge in [-0.05, 0) is 37.6 Å². The van der Waals surface area contributed by atoms with Gasteiger partial charge in [-0.3, -0.25) is 4.21 Å². The molecule has 6 heteroatoms. The Bertz CT molecular complexity index is 476. The number of anilines is 1. The van der Waals surface area contributed by atoms with Crippen LogP contribution in [-0.4, -0.2) is 33.7 Å². The predicted octanol–water partition coefficient (Wildman–Crippen LogP) is 2.10. The number of benzene rings is 1. The summed E-state index contributed by atoms with van der Waals surface area (Å²) in [6.07, 6.45) is 3.17. The molecule has 5 nitrogen and oxygen atoms in total. The number of amides is 2. The first kappa shape index (κ1) is 16.7. The monoisotopic (exact) mass is 298 g/mol. The summed E-state index contributed by atoms with van der Waals surface area (Å²) in [7, 11) is -1.03. The molecule has 2 atom stereocenters. The summed E-state index contributed by atoms with van der Waals surface area (Å²) >= 11 is 0. The van der Waals surface area contributed by atoms with E-state index in [-0.39, 0.29) is 12.6 Å². The first-order valence-corrected chi connectivity index (χ1v) is 8.09. The molecule has 0 bridgehead atoms. The summed E-state index contributed by atoms with van der Waals surface area (Å²) in [5.74, 6) is 0. The Morgan fingerprint density at radius 3 is 2.40 bits per heavy atom. The molecule has 1 aromatic carbocycles. The van der Waals surface area contributed by atoms with Crippen LogP contribution in [0.4, 0.5) is 10.5 Å². The molecule has 0 aliphatic carbocycles. The second kappa shape index (κ2) is 7.40. The third-order valence-electron chi connectivity index (χ3n) is 3.01. The molecule has 0 aromatic heterocycles. The van der Waals surface area contributed by atoms with Crippen molar-refractivity contribution >= 4 is 22.5 Å². The van der Waals surface area contributed by atoms with Crippen LogP contribution in [0.15, 0.2) is 29.2 Å². The van der Waals surface area contributed by atoms with E-state index in [1.165, 1.54) is 0 Å². The fraction of sp³-hybridized carbons (Fsp3) is 0.500. The smallest absolute Gasteiger partial charge is 0.319 e. The molecule has 1 aromatic rings. The van der Waals surface area contributed by atoms with Crippen LogP contribution in [0.2, 0.25) is 0 Å². The fourth-order valence-corrected chi connectivity index (χ4v) is 2.42. The van der Waals surface area contributed by atoms with E-state index in [0.29, 0.717) is 17.0 Å². The molecule has 1 rings (SSSR count). The maximum Gasteiger partial charge on any atom is 0.319 e. The molecule has 0 spiro atoms. The zero-order chi connectivity index (χ0) is 15.2. The zero-order valence-electron chi connectivity index (χ0n) is 12.1. The molecule has 112 valence electrons. The fourth-order valence-electron chi connectivity index (χ4n) is 1.90. The standard InChI is InChI=1S/C14H22N2O3S/c1-4-9-14(2,10-17)16-13(18)15-11-5-7-12(8-6-11)20(3)19/h5-8,17H,4,9-10H2,1-3H3,(H2,15,16,18). The van der Waals surface area contributed by atoms with Gasteiger partial charge in [-0.15, -0.1) is 0 Å². The van der Waals surface area contributed by atoms with Crippen LogP contribution in [0.3, 0.4) is 0 Å². The molecule has 0 aliphatic heterocycles. The summed E-state index contributed by atoms with van der Waals surface area (Å²) in [4.78, 5) is 12.6. The van der Waals surface area contributed by atoms with Crippen LogP contribution in [-0.2, 0) is 10.8 Å². The Labute approximate surface area is 122 Å². The van der Waals surface area contributed by atoms with E-state index in [9.17, 15) is 14.1 Å². The quantitative estimate of drug-likeness (QED) is 0.752. The largest absolute Gasteiger partial charge is 0.394 e. The normalized spacial score (nSPS) is 15.2. The van der Waals surface area contributed by atoms with Crippen molar-refractivity contribution < 1.29 is 14.1 Å². The summed E-state index contributed by atoms with van der Waals surface area (Å²) in [5.41, 5.74) is -0.00237. The molecule has 0 saturated carbocycles. The van der Waals surface area contributed by atoms with Gasteiger partial charge in [0, 0.05) is 27.6 Å². The number of aliphatic hydroxyl groups is 1. The molecule has 0 heterocycles. The molecule has 20 heavy (non-hydrogen) atoms. The molecule has 2 amide bonds. The van der Waals surface area contributed by atoms with Crippen LogP contribution in [0.25, 0.3) is 0 Å². The van der Waals surface area contributed by atoms with E-state index in [1.807, 2.05) is 6.92 Å². The Hall–Kier alpha value is -1.40. The lowest BCUT2D eigenvalue weighted by Gasteiger charge is -2.28. The predicted molar refractivity (Wildman–Crippen MR) is 81.3 cm³/mol. The Morgan fingerprint density at radius 1 is 1.35 bits per heavy atom. The van der Waals surface area contributed by atoms with Gasteiger partial charge in [0.15, 0.2) is 0 Å². The van der Waals surface area contributed by atoms with Gasteiger partial charge >= 0.3 is 6.03 Å². The number of carbonyl (C=O) groups is 1. The molecule has 0 aliphatic rings. The number of urea groups is 1. The van der Waals surface area contributed by atoms with Crippen LogP contribution in [0, 0.1) is 0 Å². The van der Waals surface area contributed by atoms with Crippen molar-refractivity contribution in [1.29, 1.82) is 0 Å². The average molecular weight is 298 g/mol. The minimum Gasteiger partial charge on any atom is -0.394 e. The minimum atomic E-state index is -1.03. The van der Waals surface area contributed by atoms with Gasteiger partial charge in [0.1, 0.15) is 0 Å². The lowest BCUT2D eigenvalue weighted by atomic mass is 9.98. The van der Waals surface area contributed by atoms with Crippen LogP contribution >= 0.6 is 0 Å². The number of hydrogen-bond acceptors (Lipinski definition) is 3. The number of hydrogen-bond donors (Lipinski definition) is 3. The van der Waals surface area contributed by atoms with Crippen molar-refractivity contribution in [2.24, 2.45) is 0 Å². The highest BCUT2D eigenvalue weighted by molar-refractivity contribution is 7.84. The third-order valence-corrected chi connectivity index (χ3v) is 3.95. The average Bonchev–Trinajstić information content (AvgIpc) is 2.39. The van der Waals surface area contributed by atoms with Crippen LogP contribution < -0.4 is 10.6 Å². The van der Waals surface area contributed by atoms with E-state index in [4.69, 9.17) is 0 Å². The summed E-state index contributed by atoms with van der Waals surface area (Å²) in [6, 6.07) is 6.46. The molecular formula is C14H22N2O3S. The lowest BCUT2D eigenvalue weighted by Crippen LogP contribution is -2.50. The highest BCUT2D eigenvalue weighted by atomic mass is 32.2. The molecular weight excluding hydrogens is 276 g/mol. The first-order chi connectivity index (χ1) is 9.40. The Balaban J connectivity index is 2.64. The van der Waals surface area contributed by atoms with E-state index in [1.54, 1.807) is 37.4 Å². The van der Waals surface area contributed by atoms with Gasteiger partial charge in [0.25, 0.3) is 0 Å². The van der Waals surface area contributed by atoms with Gasteiger partial charge in [0.05, 0.1) is 12.1 Å². The second-order valence-corrected chi connectivity index (χ2v) is 6.41. The van der Waals surface area contributed by atoms with Crippen molar-refractivity contribution in [1.82, 2.24) is 5.32 Å². The van der Waals surface area contributed by atoms with E-state index >= 15 is 0 Å². The summed E-state index contributed by atoms with van der Waals surface area (Å²) < 4.78 is 11.3. The van der Waals surface area contributed by atoms with E-state index < -0.39 is 16.3 Å². The van der Waals surface area contributed by atoms with E-state index in [2.05, 4.69) is 10.6 Å². The molecule has 0 fully saturated rings. The molecule has 3 N–H and O–H groups in total. The van der Waals surface area contributed by atoms with E-state index in [0.717, 1.165) is 6.42 Å². The molecule has 0 saturated heterocycles. The minimum absolute atomic E-state index is 0.109. The van der Waals surface area contributed by atoms with Crippen molar-refractivity contribution in [3.8, 4) is 0 Å². The van der Waals surface area contributed by atoms with Gasteiger partial charge in [-0.1, -0.05) is 13.3 Å². The van der Waals surface area contributed by atoms with Gasteiger partial charge in [-0.25, -0.2) is 4.79 Å². The first-order valence-electron chi connectivity index (χ1n) is 6.53. The Kier molecular flexibility index (Phi) is 6.16. The second-order valence-electron chi connectivity index (χ2n) is 5.03.